The lowest BCUT2D eigenvalue weighted by Crippen LogP contribution is -2.31. The smallest absolute Gasteiger partial charge is 0.372 e. The molecule has 9 heteroatoms. The third kappa shape index (κ3) is 2.72. The molecule has 8 nitrogen and oxygen atoms in total. The molecular formula is C11H14N4O4S. The zero-order valence-electron chi connectivity index (χ0n) is 10.9. The molecule has 0 amide bonds. The first-order valence-electron chi connectivity index (χ1n) is 5.99. The summed E-state index contributed by atoms with van der Waals surface area (Å²) < 4.78 is 1.33. The van der Waals surface area contributed by atoms with E-state index in [-0.39, 0.29) is 17.6 Å². The fourth-order valence-corrected chi connectivity index (χ4v) is 2.61. The summed E-state index contributed by atoms with van der Waals surface area (Å²) in [6, 6.07) is -0.904. The maximum Gasteiger partial charge on any atom is 0.372 e. The van der Waals surface area contributed by atoms with Crippen molar-refractivity contribution in [2.24, 2.45) is 5.92 Å². The summed E-state index contributed by atoms with van der Waals surface area (Å²) in [5, 5.41) is 24.7. The molecule has 0 saturated heterocycles. The van der Waals surface area contributed by atoms with Gasteiger partial charge >= 0.3 is 11.8 Å². The standard InChI is InChI=1S/C11H14N4O4S/c1-6(2)5-7(10(16)17)12-8-9(15(18)19)14-3-4-20-11(14)13-8/h3-4,6-7,12H,5H2,1-2H3,(H,16,17)/t7-/m1/s1. The number of rotatable bonds is 6. The van der Waals surface area contributed by atoms with Crippen LogP contribution in [0, 0.1) is 16.0 Å². The van der Waals surface area contributed by atoms with Gasteiger partial charge in [0.1, 0.15) is 12.2 Å². The molecule has 2 heterocycles. The van der Waals surface area contributed by atoms with Crippen molar-refractivity contribution in [2.75, 3.05) is 5.32 Å². The number of carboxylic acids is 1. The molecule has 0 radical (unpaired) electrons. The summed E-state index contributed by atoms with van der Waals surface area (Å²) >= 11 is 1.25. The highest BCUT2D eigenvalue weighted by molar-refractivity contribution is 7.15. The molecular weight excluding hydrogens is 284 g/mol. The Morgan fingerprint density at radius 2 is 2.35 bits per heavy atom. The van der Waals surface area contributed by atoms with Crippen LogP contribution < -0.4 is 5.32 Å². The summed E-state index contributed by atoms with van der Waals surface area (Å²) in [6.45, 7) is 3.77. The summed E-state index contributed by atoms with van der Waals surface area (Å²) in [5.41, 5.74) is 0. The Balaban J connectivity index is 2.36. The second-order valence-electron chi connectivity index (χ2n) is 4.76. The first kappa shape index (κ1) is 14.3. The number of aliphatic carboxylic acids is 1. The Labute approximate surface area is 118 Å². The highest BCUT2D eigenvalue weighted by Gasteiger charge is 2.28. The van der Waals surface area contributed by atoms with Crippen molar-refractivity contribution < 1.29 is 14.8 Å². The quantitative estimate of drug-likeness (QED) is 0.625. The molecule has 2 N–H and O–H groups in total. The molecule has 1 atom stereocenters. The van der Waals surface area contributed by atoms with E-state index in [0.717, 1.165) is 0 Å². The highest BCUT2D eigenvalue weighted by atomic mass is 32.1. The topological polar surface area (TPSA) is 110 Å². The Kier molecular flexibility index (Phi) is 3.89. The van der Waals surface area contributed by atoms with Crippen molar-refractivity contribution in [2.45, 2.75) is 26.3 Å². The number of carboxylic acid groups (broad SMARTS) is 1. The van der Waals surface area contributed by atoms with Gasteiger partial charge in [-0.25, -0.2) is 4.79 Å². The van der Waals surface area contributed by atoms with E-state index >= 15 is 0 Å². The van der Waals surface area contributed by atoms with Crippen molar-refractivity contribution in [3.8, 4) is 0 Å². The molecule has 0 aliphatic heterocycles. The molecule has 2 rings (SSSR count). The number of thiazole rings is 1. The Morgan fingerprint density at radius 3 is 2.90 bits per heavy atom. The summed E-state index contributed by atoms with van der Waals surface area (Å²) in [6.07, 6.45) is 1.90. The summed E-state index contributed by atoms with van der Waals surface area (Å²) in [7, 11) is 0. The Morgan fingerprint density at radius 1 is 1.65 bits per heavy atom. The number of hydrogen-bond donors (Lipinski definition) is 2. The van der Waals surface area contributed by atoms with Crippen LogP contribution in [0.1, 0.15) is 20.3 Å². The van der Waals surface area contributed by atoms with Crippen LogP contribution in [-0.4, -0.2) is 31.4 Å². The average molecular weight is 298 g/mol. The summed E-state index contributed by atoms with van der Waals surface area (Å²) in [4.78, 5) is 26.3. The number of fused-ring (bicyclic) bond motifs is 1. The highest BCUT2D eigenvalue weighted by Crippen LogP contribution is 2.29. The number of hydrogen-bond acceptors (Lipinski definition) is 6. The van der Waals surface area contributed by atoms with Crippen LogP contribution in [0.15, 0.2) is 11.6 Å². The molecule has 0 bridgehead atoms. The van der Waals surface area contributed by atoms with Gasteiger partial charge in [-0.15, -0.1) is 0 Å². The van der Waals surface area contributed by atoms with E-state index in [1.807, 2.05) is 13.8 Å². The van der Waals surface area contributed by atoms with Gasteiger partial charge in [0.15, 0.2) is 0 Å². The van der Waals surface area contributed by atoms with E-state index in [1.54, 1.807) is 5.38 Å². The van der Waals surface area contributed by atoms with E-state index in [2.05, 4.69) is 10.3 Å². The number of nitro groups is 1. The van der Waals surface area contributed by atoms with Crippen molar-refractivity contribution in [1.82, 2.24) is 9.38 Å². The molecule has 0 aliphatic carbocycles. The van der Waals surface area contributed by atoms with E-state index in [9.17, 15) is 20.0 Å². The van der Waals surface area contributed by atoms with Gasteiger partial charge < -0.3 is 20.5 Å². The van der Waals surface area contributed by atoms with Gasteiger partial charge in [-0.3, -0.25) is 0 Å². The van der Waals surface area contributed by atoms with Crippen LogP contribution in [-0.2, 0) is 4.79 Å². The number of anilines is 1. The predicted molar refractivity (Wildman–Crippen MR) is 74.2 cm³/mol. The lowest BCUT2D eigenvalue weighted by molar-refractivity contribution is -0.389. The molecule has 0 spiro atoms. The van der Waals surface area contributed by atoms with Gasteiger partial charge in [-0.2, -0.15) is 9.38 Å². The van der Waals surface area contributed by atoms with Crippen molar-refractivity contribution >= 4 is 33.9 Å². The van der Waals surface area contributed by atoms with Gasteiger partial charge in [0, 0.05) is 5.38 Å². The van der Waals surface area contributed by atoms with E-state index in [0.29, 0.717) is 11.4 Å². The number of imidazole rings is 1. The fraction of sp³-hybridized carbons (Fsp3) is 0.455. The maximum atomic E-state index is 11.2. The van der Waals surface area contributed by atoms with Gasteiger partial charge in [0.05, 0.1) is 0 Å². The van der Waals surface area contributed by atoms with Gasteiger partial charge in [-0.1, -0.05) is 25.2 Å². The zero-order chi connectivity index (χ0) is 14.9. The van der Waals surface area contributed by atoms with E-state index < -0.39 is 16.9 Å². The van der Waals surface area contributed by atoms with Crippen molar-refractivity contribution in [3.63, 3.8) is 0 Å². The van der Waals surface area contributed by atoms with Crippen LogP contribution in [0.5, 0.6) is 0 Å². The average Bonchev–Trinajstić information content (AvgIpc) is 2.86. The first-order chi connectivity index (χ1) is 9.40. The molecule has 108 valence electrons. The van der Waals surface area contributed by atoms with Crippen LogP contribution in [0.25, 0.3) is 4.96 Å². The number of aromatic nitrogens is 2. The lowest BCUT2D eigenvalue weighted by Gasteiger charge is -2.15. The third-order valence-corrected chi connectivity index (χ3v) is 3.48. The third-order valence-electron chi connectivity index (χ3n) is 2.73. The first-order valence-corrected chi connectivity index (χ1v) is 6.87. The predicted octanol–water partition coefficient (Wildman–Crippen LogP) is 2.22. The minimum atomic E-state index is -1.05. The Hall–Kier alpha value is -2.16. The Bertz CT molecular complexity index is 648. The largest absolute Gasteiger partial charge is 0.480 e. The van der Waals surface area contributed by atoms with Gasteiger partial charge in [0.2, 0.25) is 5.82 Å². The molecule has 0 aliphatic rings. The number of carbonyl (C=O) groups is 1. The molecule has 20 heavy (non-hydrogen) atoms. The van der Waals surface area contributed by atoms with Gasteiger partial charge in [0.25, 0.3) is 4.96 Å². The van der Waals surface area contributed by atoms with Crippen LogP contribution in [0.4, 0.5) is 11.6 Å². The minimum absolute atomic E-state index is 0.00472. The molecule has 2 aromatic heterocycles. The van der Waals surface area contributed by atoms with Gasteiger partial charge in [-0.05, 0) is 17.3 Å². The summed E-state index contributed by atoms with van der Waals surface area (Å²) in [5.74, 6) is -1.15. The second-order valence-corrected chi connectivity index (χ2v) is 5.63. The lowest BCUT2D eigenvalue weighted by atomic mass is 10.0. The molecule has 2 aromatic rings. The van der Waals surface area contributed by atoms with Crippen molar-refractivity contribution in [1.29, 1.82) is 0 Å². The number of nitrogens with one attached hydrogen (secondary N) is 1. The SMILES string of the molecule is CC(C)C[C@@H](Nc1nc2sccn2c1[N+](=O)[O-])C(=O)O. The van der Waals surface area contributed by atoms with Crippen LogP contribution in [0.3, 0.4) is 0 Å². The van der Waals surface area contributed by atoms with E-state index in [1.165, 1.54) is 21.9 Å². The van der Waals surface area contributed by atoms with Crippen LogP contribution in [0.2, 0.25) is 0 Å². The normalized spacial score (nSPS) is 12.8. The van der Waals surface area contributed by atoms with Crippen molar-refractivity contribution in [3.05, 3.63) is 21.7 Å². The second kappa shape index (κ2) is 5.45. The maximum absolute atomic E-state index is 11.2. The molecule has 0 saturated carbocycles. The fourth-order valence-electron chi connectivity index (χ4n) is 1.90. The molecule has 0 aromatic carbocycles. The monoisotopic (exact) mass is 298 g/mol. The minimum Gasteiger partial charge on any atom is -0.480 e. The molecule has 0 fully saturated rings. The van der Waals surface area contributed by atoms with E-state index in [4.69, 9.17) is 0 Å². The zero-order valence-corrected chi connectivity index (χ0v) is 11.8. The van der Waals surface area contributed by atoms with Crippen LogP contribution >= 0.6 is 11.3 Å². The number of nitrogens with zero attached hydrogens (tertiary/aromatic N) is 3. The molecule has 0 unspecified atom stereocenters.